The number of carbonyl (C=O) groups is 1. The molecule has 0 amide bonds. The van der Waals surface area contributed by atoms with Crippen LogP contribution < -0.4 is 4.74 Å². The van der Waals surface area contributed by atoms with E-state index in [1.54, 1.807) is 18.4 Å². The van der Waals surface area contributed by atoms with Crippen molar-refractivity contribution >= 4 is 23.0 Å². The molecule has 0 saturated carbocycles. The normalized spacial score (nSPS) is 11.3. The molecule has 0 atom stereocenters. The Morgan fingerprint density at radius 1 is 1.26 bits per heavy atom. The van der Waals surface area contributed by atoms with Crippen LogP contribution in [0.3, 0.4) is 0 Å². The minimum atomic E-state index is -0.788. The first-order valence-corrected chi connectivity index (χ1v) is 8.18. The SMILES string of the molecule is COc1cccc(/C(=N\OCCCCC(=O)O)c2cccs2)c1. The quantitative estimate of drug-likeness (QED) is 0.431. The number of rotatable bonds is 9. The van der Waals surface area contributed by atoms with Crippen LogP contribution in [0.5, 0.6) is 5.75 Å². The van der Waals surface area contributed by atoms with E-state index in [2.05, 4.69) is 5.16 Å². The predicted octanol–water partition coefficient (Wildman–Crippen LogP) is 3.78. The summed E-state index contributed by atoms with van der Waals surface area (Å²) < 4.78 is 5.25. The van der Waals surface area contributed by atoms with Gasteiger partial charge in [0.2, 0.25) is 0 Å². The fourth-order valence-corrected chi connectivity index (χ4v) is 2.70. The van der Waals surface area contributed by atoms with Crippen molar-refractivity contribution in [2.75, 3.05) is 13.7 Å². The third-order valence-electron chi connectivity index (χ3n) is 3.13. The Balaban J connectivity index is 2.06. The van der Waals surface area contributed by atoms with Crippen LogP contribution in [0.4, 0.5) is 0 Å². The summed E-state index contributed by atoms with van der Waals surface area (Å²) in [5.41, 5.74) is 1.66. The fourth-order valence-electron chi connectivity index (χ4n) is 1.98. The highest BCUT2D eigenvalue weighted by Crippen LogP contribution is 2.20. The summed E-state index contributed by atoms with van der Waals surface area (Å²) in [5.74, 6) is -0.0302. The van der Waals surface area contributed by atoms with E-state index in [1.807, 2.05) is 41.8 Å². The Morgan fingerprint density at radius 2 is 2.13 bits per heavy atom. The topological polar surface area (TPSA) is 68.1 Å². The summed E-state index contributed by atoms with van der Waals surface area (Å²) in [6.07, 6.45) is 1.39. The van der Waals surface area contributed by atoms with Gasteiger partial charge >= 0.3 is 5.97 Å². The average molecular weight is 333 g/mol. The van der Waals surface area contributed by atoms with Crippen LogP contribution in [0.25, 0.3) is 0 Å². The van der Waals surface area contributed by atoms with Gasteiger partial charge in [-0.1, -0.05) is 23.4 Å². The van der Waals surface area contributed by atoms with E-state index in [1.165, 1.54) is 0 Å². The molecular weight excluding hydrogens is 314 g/mol. The molecule has 1 N–H and O–H groups in total. The van der Waals surface area contributed by atoms with Crippen LogP contribution in [0, 0.1) is 0 Å². The number of benzene rings is 1. The number of ether oxygens (including phenoxy) is 1. The lowest BCUT2D eigenvalue weighted by molar-refractivity contribution is -0.137. The Labute approximate surface area is 139 Å². The Bertz CT molecular complexity index is 652. The van der Waals surface area contributed by atoms with Crippen molar-refractivity contribution in [3.63, 3.8) is 0 Å². The van der Waals surface area contributed by atoms with E-state index in [4.69, 9.17) is 14.7 Å². The summed E-state index contributed by atoms with van der Waals surface area (Å²) >= 11 is 1.58. The number of unbranched alkanes of at least 4 members (excludes halogenated alkanes) is 1. The second-order valence-corrected chi connectivity index (χ2v) is 5.78. The average Bonchev–Trinajstić information content (AvgIpc) is 3.08. The van der Waals surface area contributed by atoms with E-state index < -0.39 is 5.97 Å². The van der Waals surface area contributed by atoms with Crippen LogP contribution in [0.15, 0.2) is 46.9 Å². The Hall–Kier alpha value is -2.34. The number of carboxylic acid groups (broad SMARTS) is 1. The molecule has 1 aromatic carbocycles. The molecule has 2 aromatic rings. The van der Waals surface area contributed by atoms with Crippen LogP contribution in [0.2, 0.25) is 0 Å². The third kappa shape index (κ3) is 5.41. The molecule has 0 aliphatic heterocycles. The van der Waals surface area contributed by atoms with Crippen molar-refractivity contribution in [2.24, 2.45) is 5.16 Å². The number of oxime groups is 1. The van der Waals surface area contributed by atoms with Gasteiger partial charge in [-0.2, -0.15) is 0 Å². The van der Waals surface area contributed by atoms with Crippen LogP contribution in [-0.2, 0) is 9.63 Å². The molecule has 23 heavy (non-hydrogen) atoms. The molecule has 0 fully saturated rings. The number of methoxy groups -OCH3 is 1. The zero-order valence-electron chi connectivity index (χ0n) is 12.9. The molecule has 0 unspecified atom stereocenters. The van der Waals surface area contributed by atoms with Crippen molar-refractivity contribution in [1.82, 2.24) is 0 Å². The minimum Gasteiger partial charge on any atom is -0.497 e. The molecule has 0 aliphatic rings. The lowest BCUT2D eigenvalue weighted by atomic mass is 10.1. The number of hydrogen-bond acceptors (Lipinski definition) is 5. The number of thiophene rings is 1. The Morgan fingerprint density at radius 3 is 2.83 bits per heavy atom. The van der Waals surface area contributed by atoms with Gasteiger partial charge in [0.05, 0.1) is 12.0 Å². The molecule has 1 aromatic heterocycles. The standard InChI is InChI=1S/C17H19NO4S/c1-21-14-7-4-6-13(12-14)17(15-8-5-11-23-15)18-22-10-3-2-9-16(19)20/h4-8,11-12H,2-3,9-10H2,1H3,(H,19,20)/b18-17+. The summed E-state index contributed by atoms with van der Waals surface area (Å²) in [5, 5.41) is 14.8. The largest absolute Gasteiger partial charge is 0.497 e. The highest BCUT2D eigenvalue weighted by molar-refractivity contribution is 7.12. The van der Waals surface area contributed by atoms with E-state index in [9.17, 15) is 4.79 Å². The molecule has 0 aliphatic carbocycles. The van der Waals surface area contributed by atoms with Crippen LogP contribution in [0.1, 0.15) is 29.7 Å². The third-order valence-corrected chi connectivity index (χ3v) is 4.01. The van der Waals surface area contributed by atoms with Crippen molar-refractivity contribution in [3.8, 4) is 5.75 Å². The highest BCUT2D eigenvalue weighted by atomic mass is 32.1. The van der Waals surface area contributed by atoms with Gasteiger partial charge in [-0.05, 0) is 36.4 Å². The molecule has 0 bridgehead atoms. The molecule has 0 spiro atoms. The number of nitrogens with zero attached hydrogens (tertiary/aromatic N) is 1. The predicted molar refractivity (Wildman–Crippen MR) is 90.4 cm³/mol. The number of aliphatic carboxylic acids is 1. The van der Waals surface area contributed by atoms with Gasteiger partial charge in [0, 0.05) is 12.0 Å². The maximum atomic E-state index is 10.5. The van der Waals surface area contributed by atoms with Gasteiger partial charge < -0.3 is 14.7 Å². The van der Waals surface area contributed by atoms with Crippen LogP contribution >= 0.6 is 11.3 Å². The smallest absolute Gasteiger partial charge is 0.303 e. The van der Waals surface area contributed by atoms with Gasteiger partial charge in [-0.15, -0.1) is 11.3 Å². The van der Waals surface area contributed by atoms with E-state index >= 15 is 0 Å². The van der Waals surface area contributed by atoms with Crippen molar-refractivity contribution in [1.29, 1.82) is 0 Å². The summed E-state index contributed by atoms with van der Waals surface area (Å²) in [4.78, 5) is 16.9. The molecule has 6 heteroatoms. The molecule has 2 rings (SSSR count). The fraction of sp³-hybridized carbons (Fsp3) is 0.294. The summed E-state index contributed by atoms with van der Waals surface area (Å²) in [6.45, 7) is 0.395. The van der Waals surface area contributed by atoms with Crippen LogP contribution in [-0.4, -0.2) is 30.5 Å². The maximum absolute atomic E-state index is 10.5. The Kier molecular flexibility index (Phi) is 6.62. The second kappa shape index (κ2) is 8.95. The summed E-state index contributed by atoms with van der Waals surface area (Å²) in [6, 6.07) is 11.6. The molecule has 5 nitrogen and oxygen atoms in total. The maximum Gasteiger partial charge on any atom is 0.303 e. The zero-order chi connectivity index (χ0) is 16.5. The van der Waals surface area contributed by atoms with Crippen molar-refractivity contribution < 1.29 is 19.5 Å². The molecule has 0 radical (unpaired) electrons. The van der Waals surface area contributed by atoms with E-state index in [0.29, 0.717) is 19.4 Å². The molecule has 122 valence electrons. The van der Waals surface area contributed by atoms with Crippen molar-refractivity contribution in [2.45, 2.75) is 19.3 Å². The molecule has 0 saturated heterocycles. The first-order valence-electron chi connectivity index (χ1n) is 7.31. The molecule has 1 heterocycles. The number of hydrogen-bond donors (Lipinski definition) is 1. The van der Waals surface area contributed by atoms with E-state index in [0.717, 1.165) is 21.9 Å². The highest BCUT2D eigenvalue weighted by Gasteiger charge is 2.10. The van der Waals surface area contributed by atoms with Gasteiger partial charge in [-0.3, -0.25) is 4.79 Å². The lowest BCUT2D eigenvalue weighted by Gasteiger charge is -2.07. The van der Waals surface area contributed by atoms with Gasteiger partial charge in [0.25, 0.3) is 0 Å². The van der Waals surface area contributed by atoms with Crippen molar-refractivity contribution in [3.05, 3.63) is 52.2 Å². The minimum absolute atomic E-state index is 0.154. The summed E-state index contributed by atoms with van der Waals surface area (Å²) in [7, 11) is 1.63. The first-order chi connectivity index (χ1) is 11.2. The number of carboxylic acids is 1. The monoisotopic (exact) mass is 333 g/mol. The lowest BCUT2D eigenvalue weighted by Crippen LogP contribution is -2.04. The van der Waals surface area contributed by atoms with Gasteiger partial charge in [0.1, 0.15) is 18.1 Å². The second-order valence-electron chi connectivity index (χ2n) is 4.83. The van der Waals surface area contributed by atoms with E-state index in [-0.39, 0.29) is 6.42 Å². The zero-order valence-corrected chi connectivity index (χ0v) is 13.7. The van der Waals surface area contributed by atoms with Gasteiger partial charge in [-0.25, -0.2) is 0 Å². The first kappa shape index (κ1) is 17.0. The van der Waals surface area contributed by atoms with Gasteiger partial charge in [0.15, 0.2) is 0 Å². The molecular formula is C17H19NO4S.